The van der Waals surface area contributed by atoms with Gasteiger partial charge in [0.25, 0.3) is 0 Å². The van der Waals surface area contributed by atoms with Crippen LogP contribution in [0.3, 0.4) is 0 Å². The van der Waals surface area contributed by atoms with Crippen LogP contribution in [0.25, 0.3) is 10.8 Å². The summed E-state index contributed by atoms with van der Waals surface area (Å²) in [6, 6.07) is 12.2. The van der Waals surface area contributed by atoms with E-state index in [1.165, 1.54) is 6.92 Å². The number of hydrogen-bond acceptors (Lipinski definition) is 3. The van der Waals surface area contributed by atoms with Crippen LogP contribution in [0.2, 0.25) is 0 Å². The molecule has 0 aliphatic carbocycles. The Morgan fingerprint density at radius 1 is 1.20 bits per heavy atom. The minimum atomic E-state index is -1.12. The first-order valence-corrected chi connectivity index (χ1v) is 6.18. The molecule has 104 valence electrons. The topological polar surface area (TPSA) is 75.6 Å². The van der Waals surface area contributed by atoms with Crippen molar-refractivity contribution in [1.82, 2.24) is 5.32 Å². The third-order valence-electron chi connectivity index (χ3n) is 2.81. The van der Waals surface area contributed by atoms with Gasteiger partial charge in [-0.2, -0.15) is 0 Å². The molecule has 0 heterocycles. The lowest BCUT2D eigenvalue weighted by atomic mass is 10.1. The van der Waals surface area contributed by atoms with Crippen LogP contribution in [-0.2, 0) is 9.59 Å². The first-order chi connectivity index (χ1) is 9.56. The number of carbonyl (C=O) groups is 2. The number of benzene rings is 2. The minimum Gasteiger partial charge on any atom is -0.491 e. The molecule has 5 heteroatoms. The lowest BCUT2D eigenvalue weighted by Crippen LogP contribution is -2.43. The number of rotatable bonds is 5. The van der Waals surface area contributed by atoms with Crippen LogP contribution in [0.1, 0.15) is 6.92 Å². The first kappa shape index (κ1) is 13.9. The zero-order chi connectivity index (χ0) is 14.5. The number of ether oxygens (including phenoxy) is 1. The fourth-order valence-electron chi connectivity index (χ4n) is 1.86. The van der Waals surface area contributed by atoms with E-state index in [9.17, 15) is 9.59 Å². The maximum absolute atomic E-state index is 11.0. The number of carboxylic acid groups (broad SMARTS) is 1. The van der Waals surface area contributed by atoms with Crippen molar-refractivity contribution in [3.05, 3.63) is 42.5 Å². The van der Waals surface area contributed by atoms with Crippen LogP contribution in [0.5, 0.6) is 5.75 Å². The number of nitrogens with one attached hydrogen (secondary N) is 1. The molecule has 2 N–H and O–H groups in total. The van der Waals surface area contributed by atoms with E-state index in [2.05, 4.69) is 5.32 Å². The predicted octanol–water partition coefficient (Wildman–Crippen LogP) is 1.81. The fraction of sp³-hybridized carbons (Fsp3) is 0.200. The molecule has 5 nitrogen and oxygen atoms in total. The van der Waals surface area contributed by atoms with Crippen LogP contribution in [0.15, 0.2) is 42.5 Å². The average Bonchev–Trinajstić information content (AvgIpc) is 2.42. The van der Waals surface area contributed by atoms with E-state index < -0.39 is 17.9 Å². The SMILES string of the molecule is CC(=O)NC(COc1ccc2ccccc2c1)C(=O)O. The molecule has 20 heavy (non-hydrogen) atoms. The van der Waals surface area contributed by atoms with Gasteiger partial charge in [0.15, 0.2) is 6.04 Å². The van der Waals surface area contributed by atoms with Gasteiger partial charge in [-0.25, -0.2) is 4.79 Å². The van der Waals surface area contributed by atoms with Crippen molar-refractivity contribution in [3.8, 4) is 5.75 Å². The van der Waals surface area contributed by atoms with Crippen molar-refractivity contribution in [1.29, 1.82) is 0 Å². The summed E-state index contributed by atoms with van der Waals surface area (Å²) < 4.78 is 5.44. The maximum Gasteiger partial charge on any atom is 0.329 e. The number of fused-ring (bicyclic) bond motifs is 1. The van der Waals surface area contributed by atoms with E-state index >= 15 is 0 Å². The number of carbonyl (C=O) groups excluding carboxylic acids is 1. The Morgan fingerprint density at radius 2 is 1.90 bits per heavy atom. The molecule has 1 unspecified atom stereocenters. The molecule has 0 bridgehead atoms. The molecule has 0 aromatic heterocycles. The quantitative estimate of drug-likeness (QED) is 0.871. The summed E-state index contributed by atoms with van der Waals surface area (Å²) in [5.74, 6) is -0.958. The molecule has 1 amide bonds. The van der Waals surface area contributed by atoms with Crippen LogP contribution < -0.4 is 10.1 Å². The number of carboxylic acids is 1. The van der Waals surface area contributed by atoms with Gasteiger partial charge in [0.1, 0.15) is 12.4 Å². The van der Waals surface area contributed by atoms with Crippen molar-refractivity contribution in [2.24, 2.45) is 0 Å². The third kappa shape index (κ3) is 3.47. The normalized spacial score (nSPS) is 11.8. The van der Waals surface area contributed by atoms with Crippen LogP contribution in [0, 0.1) is 0 Å². The molecular formula is C15H15NO4. The second kappa shape index (κ2) is 6.06. The van der Waals surface area contributed by atoms with Gasteiger partial charge >= 0.3 is 5.97 Å². The Morgan fingerprint density at radius 3 is 2.55 bits per heavy atom. The predicted molar refractivity (Wildman–Crippen MR) is 74.7 cm³/mol. The molecule has 0 aliphatic rings. The number of hydrogen-bond donors (Lipinski definition) is 2. The highest BCUT2D eigenvalue weighted by atomic mass is 16.5. The second-order valence-corrected chi connectivity index (χ2v) is 4.41. The Hall–Kier alpha value is -2.56. The highest BCUT2D eigenvalue weighted by molar-refractivity contribution is 5.84. The smallest absolute Gasteiger partial charge is 0.329 e. The summed E-state index contributed by atoms with van der Waals surface area (Å²) in [5.41, 5.74) is 0. The van der Waals surface area contributed by atoms with Crippen molar-refractivity contribution < 1.29 is 19.4 Å². The van der Waals surface area contributed by atoms with Crippen molar-refractivity contribution in [3.63, 3.8) is 0 Å². The molecular weight excluding hydrogens is 258 g/mol. The minimum absolute atomic E-state index is 0.118. The lowest BCUT2D eigenvalue weighted by Gasteiger charge is -2.14. The van der Waals surface area contributed by atoms with E-state index in [0.29, 0.717) is 5.75 Å². The van der Waals surface area contributed by atoms with E-state index in [1.807, 2.05) is 36.4 Å². The molecule has 0 fully saturated rings. The molecule has 2 rings (SSSR count). The molecule has 1 atom stereocenters. The van der Waals surface area contributed by atoms with Gasteiger partial charge in [0.05, 0.1) is 0 Å². The Labute approximate surface area is 116 Å². The van der Waals surface area contributed by atoms with Crippen molar-refractivity contribution in [2.45, 2.75) is 13.0 Å². The summed E-state index contributed by atoms with van der Waals surface area (Å²) in [5, 5.41) is 13.4. The highest BCUT2D eigenvalue weighted by Crippen LogP contribution is 2.20. The summed E-state index contributed by atoms with van der Waals surface area (Å²) in [7, 11) is 0. The Kier molecular flexibility index (Phi) is 4.20. The summed E-state index contributed by atoms with van der Waals surface area (Å²) in [4.78, 5) is 21.9. The molecule has 0 radical (unpaired) electrons. The number of amides is 1. The zero-order valence-electron chi connectivity index (χ0n) is 11.0. The van der Waals surface area contributed by atoms with Gasteiger partial charge in [-0.1, -0.05) is 30.3 Å². The Balaban J connectivity index is 2.07. The molecule has 0 saturated heterocycles. The second-order valence-electron chi connectivity index (χ2n) is 4.41. The monoisotopic (exact) mass is 273 g/mol. The lowest BCUT2D eigenvalue weighted by molar-refractivity contribution is -0.142. The third-order valence-corrected chi connectivity index (χ3v) is 2.81. The average molecular weight is 273 g/mol. The maximum atomic E-state index is 11.0. The van der Waals surface area contributed by atoms with Gasteiger partial charge in [0, 0.05) is 6.92 Å². The van der Waals surface area contributed by atoms with Crippen LogP contribution >= 0.6 is 0 Å². The first-order valence-electron chi connectivity index (χ1n) is 6.18. The van der Waals surface area contributed by atoms with Gasteiger partial charge in [0.2, 0.25) is 5.91 Å². The molecule has 2 aromatic rings. The van der Waals surface area contributed by atoms with Crippen LogP contribution in [-0.4, -0.2) is 29.6 Å². The van der Waals surface area contributed by atoms with Gasteiger partial charge in [-0.05, 0) is 22.9 Å². The van der Waals surface area contributed by atoms with E-state index in [4.69, 9.17) is 9.84 Å². The van der Waals surface area contributed by atoms with Gasteiger partial charge < -0.3 is 15.2 Å². The number of aliphatic carboxylic acids is 1. The Bertz CT molecular complexity index is 639. The van der Waals surface area contributed by atoms with Gasteiger partial charge in [-0.3, -0.25) is 4.79 Å². The van der Waals surface area contributed by atoms with Crippen molar-refractivity contribution >= 4 is 22.6 Å². The largest absolute Gasteiger partial charge is 0.491 e. The summed E-state index contributed by atoms with van der Waals surface area (Å²) >= 11 is 0. The fourth-order valence-corrected chi connectivity index (χ4v) is 1.86. The summed E-state index contributed by atoms with van der Waals surface area (Å²) in [6.45, 7) is 1.15. The van der Waals surface area contributed by atoms with Crippen molar-refractivity contribution in [2.75, 3.05) is 6.61 Å². The molecule has 0 saturated carbocycles. The molecule has 2 aromatic carbocycles. The summed E-state index contributed by atoms with van der Waals surface area (Å²) in [6.07, 6.45) is 0. The molecule has 0 spiro atoms. The zero-order valence-corrected chi connectivity index (χ0v) is 11.0. The standard InChI is InChI=1S/C15H15NO4/c1-10(17)16-14(15(18)19)9-20-13-7-6-11-4-2-3-5-12(11)8-13/h2-8,14H,9H2,1H3,(H,16,17)(H,18,19). The molecule has 0 aliphatic heterocycles. The van der Waals surface area contributed by atoms with E-state index in [0.717, 1.165) is 10.8 Å². The van der Waals surface area contributed by atoms with E-state index in [-0.39, 0.29) is 6.61 Å². The highest BCUT2D eigenvalue weighted by Gasteiger charge is 2.19. The van der Waals surface area contributed by atoms with Gasteiger partial charge in [-0.15, -0.1) is 0 Å². The van der Waals surface area contributed by atoms with Crippen LogP contribution in [0.4, 0.5) is 0 Å². The van der Waals surface area contributed by atoms with E-state index in [1.54, 1.807) is 6.07 Å².